The molecule has 0 saturated carbocycles. The topological polar surface area (TPSA) is 67.6 Å². The predicted octanol–water partition coefficient (Wildman–Crippen LogP) is 1.88. The Labute approximate surface area is 88.5 Å². The van der Waals surface area contributed by atoms with E-state index < -0.39 is 0 Å². The third-order valence-electron chi connectivity index (χ3n) is 2.33. The lowest BCUT2D eigenvalue weighted by atomic mass is 10.2. The van der Waals surface area contributed by atoms with Crippen LogP contribution in [0, 0.1) is 0 Å². The molecule has 0 aliphatic carbocycles. The van der Waals surface area contributed by atoms with E-state index >= 15 is 0 Å². The molecule has 1 unspecified atom stereocenters. The van der Waals surface area contributed by atoms with Crippen LogP contribution in [0.3, 0.4) is 0 Å². The molecule has 1 aromatic carbocycles. The van der Waals surface area contributed by atoms with E-state index in [0.29, 0.717) is 5.82 Å². The van der Waals surface area contributed by atoms with E-state index in [1.54, 1.807) is 0 Å². The van der Waals surface area contributed by atoms with Crippen LogP contribution in [0.25, 0.3) is 11.4 Å². The first-order valence-corrected chi connectivity index (χ1v) is 5.04. The molecular formula is C11H14N4. The van der Waals surface area contributed by atoms with Crippen molar-refractivity contribution >= 4 is 0 Å². The number of hydrogen-bond donors (Lipinski definition) is 2. The van der Waals surface area contributed by atoms with Gasteiger partial charge in [-0.15, -0.1) is 0 Å². The molecule has 3 N–H and O–H groups in total. The van der Waals surface area contributed by atoms with Crippen molar-refractivity contribution in [1.82, 2.24) is 15.2 Å². The first-order valence-electron chi connectivity index (χ1n) is 5.04. The molecular weight excluding hydrogens is 188 g/mol. The molecule has 0 spiro atoms. The molecule has 0 bridgehead atoms. The first kappa shape index (κ1) is 9.86. The highest BCUT2D eigenvalue weighted by Gasteiger charge is 2.10. The van der Waals surface area contributed by atoms with Crippen molar-refractivity contribution in [3.8, 4) is 11.4 Å². The third kappa shape index (κ3) is 2.05. The van der Waals surface area contributed by atoms with Crippen LogP contribution in [0.2, 0.25) is 0 Å². The molecule has 15 heavy (non-hydrogen) atoms. The summed E-state index contributed by atoms with van der Waals surface area (Å²) in [6.07, 6.45) is 0.851. The van der Waals surface area contributed by atoms with Crippen molar-refractivity contribution in [2.75, 3.05) is 0 Å². The lowest BCUT2D eigenvalue weighted by molar-refractivity contribution is 0.652. The van der Waals surface area contributed by atoms with Crippen molar-refractivity contribution in [2.24, 2.45) is 5.73 Å². The van der Waals surface area contributed by atoms with Crippen molar-refractivity contribution in [2.45, 2.75) is 19.4 Å². The smallest absolute Gasteiger partial charge is 0.181 e. The van der Waals surface area contributed by atoms with Gasteiger partial charge < -0.3 is 5.73 Å². The van der Waals surface area contributed by atoms with Gasteiger partial charge in [-0.05, 0) is 6.42 Å². The predicted molar refractivity (Wildman–Crippen MR) is 59.0 cm³/mol. The number of benzene rings is 1. The standard InChI is InChI=1S/C11H14N4/c1-2-9(12)11-13-10(14-15-11)8-6-4-3-5-7-8/h3-7,9H,2,12H2,1H3,(H,13,14,15). The summed E-state index contributed by atoms with van der Waals surface area (Å²) in [5.41, 5.74) is 6.85. The molecule has 2 rings (SSSR count). The minimum absolute atomic E-state index is 0.0602. The van der Waals surface area contributed by atoms with Crippen LogP contribution in [-0.4, -0.2) is 15.2 Å². The number of rotatable bonds is 3. The van der Waals surface area contributed by atoms with E-state index in [9.17, 15) is 0 Å². The van der Waals surface area contributed by atoms with Crippen molar-refractivity contribution in [1.29, 1.82) is 0 Å². The maximum Gasteiger partial charge on any atom is 0.181 e. The van der Waals surface area contributed by atoms with Crippen LogP contribution in [0.1, 0.15) is 25.2 Å². The van der Waals surface area contributed by atoms with E-state index in [1.807, 2.05) is 37.3 Å². The second kappa shape index (κ2) is 4.23. The van der Waals surface area contributed by atoms with E-state index in [2.05, 4.69) is 15.2 Å². The number of hydrogen-bond acceptors (Lipinski definition) is 3. The SMILES string of the molecule is CCC(N)c1nc(-c2ccccc2)n[nH]1. The first-order chi connectivity index (χ1) is 7.31. The Morgan fingerprint density at radius 1 is 1.33 bits per heavy atom. The Balaban J connectivity index is 2.28. The minimum Gasteiger partial charge on any atom is -0.321 e. The Bertz CT molecular complexity index is 421. The second-order valence-electron chi connectivity index (χ2n) is 3.43. The zero-order valence-corrected chi connectivity index (χ0v) is 8.64. The summed E-state index contributed by atoms with van der Waals surface area (Å²) in [5.74, 6) is 1.45. The molecule has 1 atom stereocenters. The number of aromatic nitrogens is 3. The van der Waals surface area contributed by atoms with Gasteiger partial charge in [0.05, 0.1) is 6.04 Å². The largest absolute Gasteiger partial charge is 0.321 e. The monoisotopic (exact) mass is 202 g/mol. The van der Waals surface area contributed by atoms with Crippen LogP contribution in [0.4, 0.5) is 0 Å². The number of nitrogens with two attached hydrogens (primary N) is 1. The fourth-order valence-corrected chi connectivity index (χ4v) is 1.35. The minimum atomic E-state index is -0.0602. The molecule has 4 nitrogen and oxygen atoms in total. The fraction of sp³-hybridized carbons (Fsp3) is 0.273. The summed E-state index contributed by atoms with van der Waals surface area (Å²) < 4.78 is 0. The zero-order chi connectivity index (χ0) is 10.7. The van der Waals surface area contributed by atoms with Gasteiger partial charge in [0.15, 0.2) is 5.82 Å². The van der Waals surface area contributed by atoms with E-state index in [0.717, 1.165) is 17.8 Å². The number of nitrogens with one attached hydrogen (secondary N) is 1. The van der Waals surface area contributed by atoms with Crippen molar-refractivity contribution in [3.63, 3.8) is 0 Å². The van der Waals surface area contributed by atoms with E-state index in [4.69, 9.17) is 5.73 Å². The Hall–Kier alpha value is -1.68. The maximum absolute atomic E-state index is 5.85. The summed E-state index contributed by atoms with van der Waals surface area (Å²) in [5, 5.41) is 7.01. The zero-order valence-electron chi connectivity index (χ0n) is 8.64. The Kier molecular flexibility index (Phi) is 2.78. The quantitative estimate of drug-likeness (QED) is 0.798. The molecule has 0 amide bonds. The number of H-pyrrole nitrogens is 1. The average Bonchev–Trinajstić information content (AvgIpc) is 2.78. The van der Waals surface area contributed by atoms with Crippen LogP contribution >= 0.6 is 0 Å². The van der Waals surface area contributed by atoms with Crippen LogP contribution < -0.4 is 5.73 Å². The van der Waals surface area contributed by atoms with E-state index in [1.165, 1.54) is 0 Å². The molecule has 2 aromatic rings. The maximum atomic E-state index is 5.85. The molecule has 78 valence electrons. The van der Waals surface area contributed by atoms with Crippen LogP contribution in [0.5, 0.6) is 0 Å². The summed E-state index contributed by atoms with van der Waals surface area (Å²) in [6.45, 7) is 2.02. The van der Waals surface area contributed by atoms with Gasteiger partial charge in [-0.3, -0.25) is 5.10 Å². The molecule has 1 aromatic heterocycles. The van der Waals surface area contributed by atoms with Gasteiger partial charge in [0.1, 0.15) is 5.82 Å². The molecule has 0 aliphatic rings. The lowest BCUT2D eigenvalue weighted by Gasteiger charge is -2.01. The highest BCUT2D eigenvalue weighted by molar-refractivity contribution is 5.53. The number of nitrogens with zero attached hydrogens (tertiary/aromatic N) is 2. The Morgan fingerprint density at radius 2 is 2.07 bits per heavy atom. The average molecular weight is 202 g/mol. The molecule has 0 fully saturated rings. The van der Waals surface area contributed by atoms with E-state index in [-0.39, 0.29) is 6.04 Å². The Morgan fingerprint density at radius 3 is 2.73 bits per heavy atom. The molecule has 0 saturated heterocycles. The van der Waals surface area contributed by atoms with Gasteiger partial charge in [0, 0.05) is 5.56 Å². The fourth-order valence-electron chi connectivity index (χ4n) is 1.35. The van der Waals surface area contributed by atoms with Gasteiger partial charge >= 0.3 is 0 Å². The van der Waals surface area contributed by atoms with Crippen molar-refractivity contribution in [3.05, 3.63) is 36.2 Å². The van der Waals surface area contributed by atoms with Crippen LogP contribution in [0.15, 0.2) is 30.3 Å². The van der Waals surface area contributed by atoms with Gasteiger partial charge in [0.25, 0.3) is 0 Å². The molecule has 4 heteroatoms. The second-order valence-corrected chi connectivity index (χ2v) is 3.43. The van der Waals surface area contributed by atoms with Gasteiger partial charge in [0.2, 0.25) is 0 Å². The summed E-state index contributed by atoms with van der Waals surface area (Å²) in [6, 6.07) is 9.79. The van der Waals surface area contributed by atoms with Gasteiger partial charge in [-0.25, -0.2) is 4.98 Å². The van der Waals surface area contributed by atoms with Gasteiger partial charge in [-0.1, -0.05) is 37.3 Å². The third-order valence-corrected chi connectivity index (χ3v) is 2.33. The van der Waals surface area contributed by atoms with Gasteiger partial charge in [-0.2, -0.15) is 5.10 Å². The highest BCUT2D eigenvalue weighted by atomic mass is 15.2. The summed E-state index contributed by atoms with van der Waals surface area (Å²) in [4.78, 5) is 4.36. The highest BCUT2D eigenvalue weighted by Crippen LogP contribution is 2.16. The normalized spacial score (nSPS) is 12.7. The summed E-state index contributed by atoms with van der Waals surface area (Å²) in [7, 11) is 0. The number of aromatic amines is 1. The molecule has 1 heterocycles. The van der Waals surface area contributed by atoms with Crippen LogP contribution in [-0.2, 0) is 0 Å². The molecule has 0 radical (unpaired) electrons. The molecule has 0 aliphatic heterocycles. The summed E-state index contributed by atoms with van der Waals surface area (Å²) >= 11 is 0. The lowest BCUT2D eigenvalue weighted by Crippen LogP contribution is -2.10. The van der Waals surface area contributed by atoms with Crippen molar-refractivity contribution < 1.29 is 0 Å².